The first-order valence-corrected chi connectivity index (χ1v) is 6.61. The Morgan fingerprint density at radius 3 is 2.56 bits per heavy atom. The quantitative estimate of drug-likeness (QED) is 0.657. The topological polar surface area (TPSA) is 56.6 Å². The maximum Gasteiger partial charge on any atom is 0.306 e. The van der Waals surface area contributed by atoms with Crippen molar-refractivity contribution in [3.8, 4) is 6.07 Å². The van der Waals surface area contributed by atoms with Gasteiger partial charge >= 0.3 is 5.97 Å². The summed E-state index contributed by atoms with van der Waals surface area (Å²) < 4.78 is 4.64. The molecule has 0 aromatic heterocycles. The van der Waals surface area contributed by atoms with E-state index in [1.165, 1.54) is 7.11 Å². The first-order chi connectivity index (χ1) is 8.71. The first kappa shape index (κ1) is 14.9. The van der Waals surface area contributed by atoms with Crippen LogP contribution in [0.4, 0.5) is 0 Å². The second-order valence-electron chi connectivity index (χ2n) is 4.63. The minimum atomic E-state index is -0.145. The van der Waals surface area contributed by atoms with Crippen molar-refractivity contribution < 1.29 is 9.53 Å². The van der Waals surface area contributed by atoms with E-state index in [9.17, 15) is 4.79 Å². The largest absolute Gasteiger partial charge is 0.469 e. The number of esters is 1. The second-order valence-corrected chi connectivity index (χ2v) is 4.63. The van der Waals surface area contributed by atoms with E-state index in [2.05, 4.69) is 27.5 Å². The van der Waals surface area contributed by atoms with Gasteiger partial charge in [0.15, 0.2) is 0 Å². The zero-order valence-corrected chi connectivity index (χ0v) is 11.4. The molecule has 0 aromatic carbocycles. The number of hydrogen-bond donors (Lipinski definition) is 0. The van der Waals surface area contributed by atoms with E-state index >= 15 is 0 Å². The lowest BCUT2D eigenvalue weighted by molar-refractivity contribution is -0.141. The molecular weight excluding hydrogens is 230 g/mol. The molecule has 1 heterocycles. The van der Waals surface area contributed by atoms with Crippen molar-refractivity contribution in [2.24, 2.45) is 0 Å². The standard InChI is InChI=1S/C13H23N3O2/c1-3-12(4-6-14)16-10-8-15(9-11-16)7-5-13(17)18-2/h12H,3-5,7-11H2,1-2H3. The molecule has 0 saturated carbocycles. The second kappa shape index (κ2) is 8.06. The zero-order chi connectivity index (χ0) is 13.4. The van der Waals surface area contributed by atoms with Gasteiger partial charge in [-0.1, -0.05) is 6.92 Å². The normalized spacial score (nSPS) is 19.2. The summed E-state index contributed by atoms with van der Waals surface area (Å²) in [6.07, 6.45) is 2.10. The van der Waals surface area contributed by atoms with Crippen molar-refractivity contribution in [2.45, 2.75) is 32.2 Å². The van der Waals surface area contributed by atoms with Crippen molar-refractivity contribution in [3.05, 3.63) is 0 Å². The smallest absolute Gasteiger partial charge is 0.306 e. The van der Waals surface area contributed by atoms with E-state index in [1.54, 1.807) is 0 Å². The molecule has 1 unspecified atom stereocenters. The number of hydrogen-bond acceptors (Lipinski definition) is 5. The monoisotopic (exact) mass is 253 g/mol. The Morgan fingerprint density at radius 1 is 1.39 bits per heavy atom. The zero-order valence-electron chi connectivity index (χ0n) is 11.4. The van der Waals surface area contributed by atoms with Crippen LogP contribution < -0.4 is 0 Å². The molecule has 0 amide bonds. The average molecular weight is 253 g/mol. The lowest BCUT2D eigenvalue weighted by Crippen LogP contribution is -2.50. The highest BCUT2D eigenvalue weighted by molar-refractivity contribution is 5.69. The number of carbonyl (C=O) groups excluding carboxylic acids is 1. The Balaban J connectivity index is 2.27. The number of methoxy groups -OCH3 is 1. The summed E-state index contributed by atoms with van der Waals surface area (Å²) in [5.74, 6) is -0.145. The van der Waals surface area contributed by atoms with Crippen molar-refractivity contribution >= 4 is 5.97 Å². The highest BCUT2D eigenvalue weighted by atomic mass is 16.5. The lowest BCUT2D eigenvalue weighted by Gasteiger charge is -2.38. The van der Waals surface area contributed by atoms with Crippen molar-refractivity contribution in [2.75, 3.05) is 39.8 Å². The molecule has 1 saturated heterocycles. The van der Waals surface area contributed by atoms with E-state index in [-0.39, 0.29) is 5.97 Å². The van der Waals surface area contributed by atoms with Gasteiger partial charge in [0.2, 0.25) is 0 Å². The highest BCUT2D eigenvalue weighted by Crippen LogP contribution is 2.12. The minimum absolute atomic E-state index is 0.145. The average Bonchev–Trinajstić information content (AvgIpc) is 2.42. The van der Waals surface area contributed by atoms with E-state index in [4.69, 9.17) is 5.26 Å². The van der Waals surface area contributed by atoms with Crippen LogP contribution in [0.5, 0.6) is 0 Å². The molecule has 1 aliphatic rings. The van der Waals surface area contributed by atoms with E-state index in [1.807, 2.05) is 0 Å². The van der Waals surface area contributed by atoms with Gasteiger partial charge in [-0.15, -0.1) is 0 Å². The van der Waals surface area contributed by atoms with Crippen LogP contribution in [-0.4, -0.2) is 61.6 Å². The molecule has 0 spiro atoms. The number of piperazine rings is 1. The Morgan fingerprint density at radius 2 is 2.06 bits per heavy atom. The summed E-state index contributed by atoms with van der Waals surface area (Å²) in [6.45, 7) is 6.82. The molecule has 102 valence electrons. The molecular formula is C13H23N3O2. The van der Waals surface area contributed by atoms with Gasteiger partial charge < -0.3 is 9.64 Å². The fourth-order valence-corrected chi connectivity index (χ4v) is 2.34. The molecule has 5 nitrogen and oxygen atoms in total. The summed E-state index contributed by atoms with van der Waals surface area (Å²) in [5.41, 5.74) is 0. The van der Waals surface area contributed by atoms with Crippen LogP contribution in [0.15, 0.2) is 0 Å². The van der Waals surface area contributed by atoms with Crippen LogP contribution in [0.2, 0.25) is 0 Å². The number of nitrogens with zero attached hydrogens (tertiary/aromatic N) is 3. The van der Waals surface area contributed by atoms with Gasteiger partial charge in [0, 0.05) is 38.8 Å². The molecule has 0 N–H and O–H groups in total. The van der Waals surface area contributed by atoms with E-state index in [0.717, 1.165) is 39.1 Å². The van der Waals surface area contributed by atoms with Gasteiger partial charge in [-0.05, 0) is 6.42 Å². The van der Waals surface area contributed by atoms with Gasteiger partial charge in [-0.25, -0.2) is 0 Å². The molecule has 0 radical (unpaired) electrons. The van der Waals surface area contributed by atoms with Gasteiger partial charge in [-0.2, -0.15) is 5.26 Å². The molecule has 1 fully saturated rings. The third-order valence-corrected chi connectivity index (χ3v) is 3.58. The number of rotatable bonds is 6. The van der Waals surface area contributed by atoms with Crippen molar-refractivity contribution in [3.63, 3.8) is 0 Å². The molecule has 0 bridgehead atoms. The molecule has 0 aliphatic carbocycles. The minimum Gasteiger partial charge on any atom is -0.469 e. The van der Waals surface area contributed by atoms with Crippen LogP contribution >= 0.6 is 0 Å². The maximum atomic E-state index is 11.1. The van der Waals surface area contributed by atoms with Gasteiger partial charge in [0.1, 0.15) is 0 Å². The molecule has 1 rings (SSSR count). The predicted molar refractivity (Wildman–Crippen MR) is 69.0 cm³/mol. The van der Waals surface area contributed by atoms with Crippen LogP contribution in [-0.2, 0) is 9.53 Å². The summed E-state index contributed by atoms with van der Waals surface area (Å²) in [7, 11) is 1.42. The fraction of sp³-hybridized carbons (Fsp3) is 0.846. The van der Waals surface area contributed by atoms with Gasteiger partial charge in [0.05, 0.1) is 26.0 Å². The fourth-order valence-electron chi connectivity index (χ4n) is 2.34. The third kappa shape index (κ3) is 4.63. The van der Waals surface area contributed by atoms with Crippen LogP contribution in [0.1, 0.15) is 26.2 Å². The number of ether oxygens (including phenoxy) is 1. The van der Waals surface area contributed by atoms with Gasteiger partial charge in [0.25, 0.3) is 0 Å². The SMILES string of the molecule is CCC(CC#N)N1CCN(CCC(=O)OC)CC1. The first-order valence-electron chi connectivity index (χ1n) is 6.61. The number of nitriles is 1. The summed E-state index contributed by atoms with van der Waals surface area (Å²) in [4.78, 5) is 15.7. The molecule has 0 aromatic rings. The summed E-state index contributed by atoms with van der Waals surface area (Å²) in [6, 6.07) is 2.65. The van der Waals surface area contributed by atoms with Crippen LogP contribution in [0.3, 0.4) is 0 Å². The van der Waals surface area contributed by atoms with Gasteiger partial charge in [-0.3, -0.25) is 9.69 Å². The summed E-state index contributed by atoms with van der Waals surface area (Å²) >= 11 is 0. The van der Waals surface area contributed by atoms with Crippen LogP contribution in [0.25, 0.3) is 0 Å². The predicted octanol–water partition coefficient (Wildman–Crippen LogP) is 0.859. The van der Waals surface area contributed by atoms with Crippen molar-refractivity contribution in [1.29, 1.82) is 5.26 Å². The van der Waals surface area contributed by atoms with Crippen LogP contribution in [0, 0.1) is 11.3 Å². The third-order valence-electron chi connectivity index (χ3n) is 3.58. The highest BCUT2D eigenvalue weighted by Gasteiger charge is 2.22. The Labute approximate surface area is 109 Å². The molecule has 1 aliphatic heterocycles. The Bertz CT molecular complexity index is 293. The van der Waals surface area contributed by atoms with E-state index < -0.39 is 0 Å². The van der Waals surface area contributed by atoms with Crippen molar-refractivity contribution in [1.82, 2.24) is 9.80 Å². The molecule has 1 atom stereocenters. The summed E-state index contributed by atoms with van der Waals surface area (Å²) in [5, 5.41) is 8.78. The maximum absolute atomic E-state index is 11.1. The molecule has 18 heavy (non-hydrogen) atoms. The molecule has 5 heteroatoms. The Hall–Kier alpha value is -1.12. The number of carbonyl (C=O) groups is 1. The lowest BCUT2D eigenvalue weighted by atomic mass is 10.1. The van der Waals surface area contributed by atoms with E-state index in [0.29, 0.717) is 18.9 Å². The Kier molecular flexibility index (Phi) is 6.69.